The van der Waals surface area contributed by atoms with E-state index < -0.39 is 0 Å². The quantitative estimate of drug-likeness (QED) is 0.621. The van der Waals surface area contributed by atoms with Gasteiger partial charge < -0.3 is 0 Å². The number of rotatable bonds is 3. The first kappa shape index (κ1) is 13.3. The number of carbonyl (C=O) groups is 1. The van der Waals surface area contributed by atoms with Crippen LogP contribution in [-0.4, -0.2) is 16.1 Å². The Morgan fingerprint density at radius 3 is 2.63 bits per heavy atom. The summed E-state index contributed by atoms with van der Waals surface area (Å²) >= 11 is 0. The van der Waals surface area contributed by atoms with Crippen molar-refractivity contribution in [3.05, 3.63) is 52.9 Å². The summed E-state index contributed by atoms with van der Waals surface area (Å²) in [6.45, 7) is 8.06. The van der Waals surface area contributed by atoms with Gasteiger partial charge >= 0.3 is 0 Å². The molecule has 98 valence electrons. The highest BCUT2D eigenvalue weighted by Gasteiger charge is 2.09. The molecule has 0 unspecified atom stereocenters. The minimum Gasteiger partial charge on any atom is -0.299 e. The molecule has 1 heterocycles. The van der Waals surface area contributed by atoms with Crippen LogP contribution >= 0.6 is 0 Å². The molecule has 0 aliphatic carbocycles. The van der Waals surface area contributed by atoms with Crippen molar-refractivity contribution in [3.63, 3.8) is 0 Å². The zero-order valence-electron chi connectivity index (χ0n) is 11.8. The molecule has 0 aliphatic rings. The van der Waals surface area contributed by atoms with Crippen LogP contribution in [0.4, 0.5) is 0 Å². The molecule has 2 aromatic rings. The number of aromatic nitrogens is 2. The smallest absolute Gasteiger partial charge is 0.143 e. The van der Waals surface area contributed by atoms with Crippen molar-refractivity contribution in [2.45, 2.75) is 27.7 Å². The average Bonchev–Trinajstić information content (AvgIpc) is 2.75. The van der Waals surface area contributed by atoms with E-state index in [9.17, 15) is 4.79 Å². The van der Waals surface area contributed by atoms with Crippen molar-refractivity contribution in [2.75, 3.05) is 0 Å². The zero-order valence-corrected chi connectivity index (χ0v) is 11.8. The Bertz CT molecular complexity index is 651. The van der Waals surface area contributed by atoms with E-state index in [1.165, 1.54) is 17.2 Å². The van der Waals surface area contributed by atoms with Crippen LogP contribution in [0, 0.1) is 20.8 Å². The van der Waals surface area contributed by atoms with Gasteiger partial charge in [0.25, 0.3) is 0 Å². The minimum absolute atomic E-state index is 0.793. The second-order valence-electron chi connectivity index (χ2n) is 4.86. The van der Waals surface area contributed by atoms with Crippen molar-refractivity contribution >= 4 is 11.9 Å². The van der Waals surface area contributed by atoms with Crippen LogP contribution < -0.4 is 0 Å². The molecular formula is C16H18N2O. The molecule has 1 aromatic heterocycles. The molecule has 0 aliphatic heterocycles. The van der Waals surface area contributed by atoms with Gasteiger partial charge in [0.1, 0.15) is 6.29 Å². The van der Waals surface area contributed by atoms with E-state index in [2.05, 4.69) is 37.1 Å². The summed E-state index contributed by atoms with van der Waals surface area (Å²) in [6, 6.07) is 8.31. The number of aryl methyl sites for hydroxylation is 3. The fourth-order valence-corrected chi connectivity index (χ4v) is 2.05. The lowest BCUT2D eigenvalue weighted by atomic mass is 10.1. The van der Waals surface area contributed by atoms with Gasteiger partial charge in [-0.2, -0.15) is 5.10 Å². The van der Waals surface area contributed by atoms with Crippen LogP contribution in [0.1, 0.15) is 29.4 Å². The fourth-order valence-electron chi connectivity index (χ4n) is 2.05. The molecule has 0 bridgehead atoms. The predicted molar refractivity (Wildman–Crippen MR) is 77.5 cm³/mol. The topological polar surface area (TPSA) is 34.9 Å². The largest absolute Gasteiger partial charge is 0.299 e. The summed E-state index contributed by atoms with van der Waals surface area (Å²) in [5, 5.41) is 4.59. The van der Waals surface area contributed by atoms with Gasteiger partial charge in [0.2, 0.25) is 0 Å². The van der Waals surface area contributed by atoms with Gasteiger partial charge in [-0.25, -0.2) is 4.68 Å². The van der Waals surface area contributed by atoms with Gasteiger partial charge in [-0.15, -0.1) is 0 Å². The normalized spacial score (nSPS) is 11.7. The Balaban J connectivity index is 2.55. The van der Waals surface area contributed by atoms with Gasteiger partial charge in [-0.1, -0.05) is 12.1 Å². The van der Waals surface area contributed by atoms with E-state index in [1.807, 2.05) is 24.6 Å². The van der Waals surface area contributed by atoms with Crippen molar-refractivity contribution in [1.29, 1.82) is 0 Å². The average molecular weight is 254 g/mol. The van der Waals surface area contributed by atoms with E-state index in [1.54, 1.807) is 0 Å². The highest BCUT2D eigenvalue weighted by atomic mass is 16.1. The molecule has 0 amide bonds. The van der Waals surface area contributed by atoms with Crippen LogP contribution in [0.5, 0.6) is 0 Å². The van der Waals surface area contributed by atoms with Gasteiger partial charge in [-0.3, -0.25) is 4.79 Å². The Hall–Kier alpha value is -2.16. The lowest BCUT2D eigenvalue weighted by Gasteiger charge is -2.09. The van der Waals surface area contributed by atoms with Gasteiger partial charge in [-0.05, 0) is 62.6 Å². The SMILES string of the molecule is CC(=CC=O)c1cc(C)n(-c2cc(C)ccc2C)n1. The van der Waals surface area contributed by atoms with Crippen molar-refractivity contribution in [3.8, 4) is 5.69 Å². The predicted octanol–water partition coefficient (Wildman–Crippen LogP) is 3.40. The number of nitrogens with zero attached hydrogens (tertiary/aromatic N) is 2. The summed E-state index contributed by atoms with van der Waals surface area (Å²) in [5.41, 5.74) is 6.25. The third-order valence-corrected chi connectivity index (χ3v) is 3.20. The molecule has 0 atom stereocenters. The Morgan fingerprint density at radius 1 is 1.21 bits per heavy atom. The maximum absolute atomic E-state index is 10.5. The second kappa shape index (κ2) is 5.22. The first-order valence-corrected chi connectivity index (χ1v) is 6.29. The maximum atomic E-state index is 10.5. The third-order valence-electron chi connectivity index (χ3n) is 3.20. The molecule has 0 fully saturated rings. The van der Waals surface area contributed by atoms with E-state index in [0.717, 1.165) is 28.9 Å². The summed E-state index contributed by atoms with van der Waals surface area (Å²) in [4.78, 5) is 10.5. The number of hydrogen-bond acceptors (Lipinski definition) is 2. The molecule has 0 radical (unpaired) electrons. The first-order chi connectivity index (χ1) is 9.02. The van der Waals surface area contributed by atoms with Crippen LogP contribution in [0.15, 0.2) is 30.3 Å². The molecule has 0 saturated carbocycles. The molecular weight excluding hydrogens is 236 g/mol. The summed E-state index contributed by atoms with van der Waals surface area (Å²) in [5.74, 6) is 0. The van der Waals surface area contributed by atoms with Crippen molar-refractivity contribution in [1.82, 2.24) is 9.78 Å². The van der Waals surface area contributed by atoms with Crippen LogP contribution in [-0.2, 0) is 4.79 Å². The number of aldehydes is 1. The monoisotopic (exact) mass is 254 g/mol. The summed E-state index contributed by atoms with van der Waals surface area (Å²) in [6.07, 6.45) is 2.33. The zero-order chi connectivity index (χ0) is 14.0. The third kappa shape index (κ3) is 2.65. The molecule has 0 N–H and O–H groups in total. The van der Waals surface area contributed by atoms with E-state index in [0.29, 0.717) is 0 Å². The molecule has 0 spiro atoms. The highest BCUT2D eigenvalue weighted by molar-refractivity contribution is 5.79. The van der Waals surface area contributed by atoms with Crippen molar-refractivity contribution < 1.29 is 4.79 Å². The van der Waals surface area contributed by atoms with E-state index in [4.69, 9.17) is 0 Å². The maximum Gasteiger partial charge on any atom is 0.143 e. The van der Waals surface area contributed by atoms with E-state index in [-0.39, 0.29) is 0 Å². The number of carbonyl (C=O) groups excluding carboxylic acids is 1. The Kier molecular flexibility index (Phi) is 3.65. The first-order valence-electron chi connectivity index (χ1n) is 6.29. The summed E-state index contributed by atoms with van der Waals surface area (Å²) in [7, 11) is 0. The highest BCUT2D eigenvalue weighted by Crippen LogP contribution is 2.20. The minimum atomic E-state index is 0.793. The standard InChI is InChI=1S/C16H18N2O/c1-11-5-6-13(3)16(9-11)18-14(4)10-15(17-18)12(2)7-8-19/h5-10H,1-4H3. The lowest BCUT2D eigenvalue weighted by molar-refractivity contribution is -0.104. The molecule has 1 aromatic carbocycles. The number of hydrogen-bond donors (Lipinski definition) is 0. The number of allylic oxidation sites excluding steroid dienone is 2. The van der Waals surface area contributed by atoms with Gasteiger partial charge in [0, 0.05) is 5.69 Å². The van der Waals surface area contributed by atoms with Gasteiger partial charge in [0.05, 0.1) is 11.4 Å². The Labute approximate surface area is 113 Å². The van der Waals surface area contributed by atoms with E-state index >= 15 is 0 Å². The molecule has 2 rings (SSSR count). The lowest BCUT2D eigenvalue weighted by Crippen LogP contribution is -2.02. The molecule has 0 saturated heterocycles. The second-order valence-corrected chi connectivity index (χ2v) is 4.86. The van der Waals surface area contributed by atoms with Crippen LogP contribution in [0.25, 0.3) is 11.3 Å². The molecule has 19 heavy (non-hydrogen) atoms. The van der Waals surface area contributed by atoms with Crippen molar-refractivity contribution in [2.24, 2.45) is 0 Å². The summed E-state index contributed by atoms with van der Waals surface area (Å²) < 4.78 is 1.93. The van der Waals surface area contributed by atoms with Crippen LogP contribution in [0.2, 0.25) is 0 Å². The van der Waals surface area contributed by atoms with Gasteiger partial charge in [0.15, 0.2) is 0 Å². The molecule has 3 heteroatoms. The Morgan fingerprint density at radius 2 is 1.95 bits per heavy atom. The fraction of sp³-hybridized carbons (Fsp3) is 0.250. The van der Waals surface area contributed by atoms with Crippen LogP contribution in [0.3, 0.4) is 0 Å². The molecule has 3 nitrogen and oxygen atoms in total. The number of benzene rings is 1.